The molecule has 0 bridgehead atoms. The van der Waals surface area contributed by atoms with Crippen molar-refractivity contribution in [2.75, 3.05) is 5.73 Å². The molecule has 2 rings (SSSR count). The first-order chi connectivity index (χ1) is 9.05. The van der Waals surface area contributed by atoms with Crippen LogP contribution in [0.2, 0.25) is 0 Å². The monoisotopic (exact) mass is 263 g/mol. The van der Waals surface area contributed by atoms with E-state index in [1.165, 1.54) is 10.9 Å². The van der Waals surface area contributed by atoms with Crippen LogP contribution in [0.15, 0.2) is 12.3 Å². The van der Waals surface area contributed by atoms with Gasteiger partial charge in [-0.3, -0.25) is 9.36 Å². The predicted molar refractivity (Wildman–Crippen MR) is 70.0 cm³/mol. The Bertz CT molecular complexity index is 599. The molecule has 7 heteroatoms. The summed E-state index contributed by atoms with van der Waals surface area (Å²) in [7, 11) is 0. The Morgan fingerprint density at radius 2 is 2.16 bits per heavy atom. The average Bonchev–Trinajstić information content (AvgIpc) is 2.93. The van der Waals surface area contributed by atoms with Gasteiger partial charge in [-0.1, -0.05) is 6.92 Å². The summed E-state index contributed by atoms with van der Waals surface area (Å²) in [6.45, 7) is 5.27. The lowest BCUT2D eigenvalue weighted by atomic mass is 10.3. The maximum absolute atomic E-state index is 10.9. The SMILES string of the molecule is CCc1cc(Cn2cc(N)c(C(=O)O)n2)n(CC)n1. The molecular formula is C12H17N5O2. The molecule has 7 nitrogen and oxygen atoms in total. The molecule has 2 heterocycles. The van der Waals surface area contributed by atoms with Gasteiger partial charge in [-0.2, -0.15) is 10.2 Å². The summed E-state index contributed by atoms with van der Waals surface area (Å²) in [6, 6.07) is 2.00. The number of hydrogen-bond donors (Lipinski definition) is 2. The van der Waals surface area contributed by atoms with Crippen LogP contribution >= 0.6 is 0 Å². The Kier molecular flexibility index (Phi) is 3.55. The number of nitrogen functional groups attached to an aromatic ring is 1. The van der Waals surface area contributed by atoms with Crippen molar-refractivity contribution in [2.24, 2.45) is 0 Å². The Hall–Kier alpha value is -2.31. The van der Waals surface area contributed by atoms with E-state index in [1.807, 2.05) is 24.6 Å². The highest BCUT2D eigenvalue weighted by Crippen LogP contribution is 2.12. The van der Waals surface area contributed by atoms with Gasteiger partial charge in [-0.25, -0.2) is 4.79 Å². The first kappa shape index (κ1) is 13.1. The molecule has 19 heavy (non-hydrogen) atoms. The Balaban J connectivity index is 2.28. The third kappa shape index (κ3) is 2.59. The normalized spacial score (nSPS) is 10.8. The van der Waals surface area contributed by atoms with Crippen LogP contribution in [0.4, 0.5) is 5.69 Å². The van der Waals surface area contributed by atoms with Gasteiger partial charge in [0.15, 0.2) is 5.69 Å². The molecule has 2 aromatic heterocycles. The first-order valence-corrected chi connectivity index (χ1v) is 6.17. The van der Waals surface area contributed by atoms with Crippen molar-refractivity contribution >= 4 is 11.7 Å². The Morgan fingerprint density at radius 1 is 1.42 bits per heavy atom. The quantitative estimate of drug-likeness (QED) is 0.838. The van der Waals surface area contributed by atoms with Crippen molar-refractivity contribution in [1.82, 2.24) is 19.6 Å². The Labute approximate surface area is 110 Å². The van der Waals surface area contributed by atoms with Gasteiger partial charge in [0.25, 0.3) is 0 Å². The van der Waals surface area contributed by atoms with Crippen LogP contribution < -0.4 is 5.73 Å². The second kappa shape index (κ2) is 5.13. The van der Waals surface area contributed by atoms with Gasteiger partial charge in [-0.05, 0) is 19.4 Å². The molecule has 0 aliphatic heterocycles. The maximum Gasteiger partial charge on any atom is 0.358 e. The standard InChI is InChI=1S/C12H17N5O2/c1-3-8-5-9(17(4-2)14-8)6-16-7-10(13)11(15-16)12(18)19/h5,7H,3-4,6,13H2,1-2H3,(H,18,19). The fourth-order valence-corrected chi connectivity index (χ4v) is 1.94. The van der Waals surface area contributed by atoms with Gasteiger partial charge < -0.3 is 10.8 Å². The fraction of sp³-hybridized carbons (Fsp3) is 0.417. The summed E-state index contributed by atoms with van der Waals surface area (Å²) >= 11 is 0. The maximum atomic E-state index is 10.9. The number of carboxylic acids is 1. The van der Waals surface area contributed by atoms with E-state index in [1.54, 1.807) is 0 Å². The summed E-state index contributed by atoms with van der Waals surface area (Å²) in [5, 5.41) is 17.3. The molecule has 0 saturated heterocycles. The van der Waals surface area contributed by atoms with Crippen LogP contribution in [0.3, 0.4) is 0 Å². The molecule has 0 fully saturated rings. The number of aromatic nitrogens is 4. The zero-order valence-electron chi connectivity index (χ0n) is 11.0. The smallest absolute Gasteiger partial charge is 0.358 e. The summed E-state index contributed by atoms with van der Waals surface area (Å²) in [5.41, 5.74) is 7.67. The number of carboxylic acid groups (broad SMARTS) is 1. The van der Waals surface area contributed by atoms with E-state index in [4.69, 9.17) is 10.8 Å². The van der Waals surface area contributed by atoms with E-state index in [-0.39, 0.29) is 11.4 Å². The summed E-state index contributed by atoms with van der Waals surface area (Å²) in [4.78, 5) is 10.9. The van der Waals surface area contributed by atoms with Gasteiger partial charge in [0, 0.05) is 12.7 Å². The molecule has 3 N–H and O–H groups in total. The molecular weight excluding hydrogens is 246 g/mol. The molecule has 0 atom stereocenters. The second-order valence-corrected chi connectivity index (χ2v) is 4.23. The molecule has 0 aliphatic rings. The van der Waals surface area contributed by atoms with E-state index in [2.05, 4.69) is 10.2 Å². The van der Waals surface area contributed by atoms with Crippen molar-refractivity contribution < 1.29 is 9.90 Å². The summed E-state index contributed by atoms with van der Waals surface area (Å²) < 4.78 is 3.42. The number of anilines is 1. The number of aromatic carboxylic acids is 1. The molecule has 0 radical (unpaired) electrons. The molecule has 0 unspecified atom stereocenters. The number of rotatable bonds is 5. The molecule has 0 aromatic carbocycles. The molecule has 0 amide bonds. The predicted octanol–water partition coefficient (Wildman–Crippen LogP) is 0.991. The van der Waals surface area contributed by atoms with E-state index < -0.39 is 5.97 Å². The van der Waals surface area contributed by atoms with E-state index in [9.17, 15) is 4.79 Å². The lowest BCUT2D eigenvalue weighted by Crippen LogP contribution is -2.09. The molecule has 0 saturated carbocycles. The van der Waals surface area contributed by atoms with Gasteiger partial charge in [-0.15, -0.1) is 0 Å². The number of nitrogens with zero attached hydrogens (tertiary/aromatic N) is 4. The fourth-order valence-electron chi connectivity index (χ4n) is 1.94. The van der Waals surface area contributed by atoms with Gasteiger partial charge >= 0.3 is 5.97 Å². The molecule has 102 valence electrons. The van der Waals surface area contributed by atoms with Gasteiger partial charge in [0.05, 0.1) is 23.6 Å². The topological polar surface area (TPSA) is 99.0 Å². The van der Waals surface area contributed by atoms with Crippen molar-refractivity contribution in [3.8, 4) is 0 Å². The minimum absolute atomic E-state index is 0.113. The third-order valence-corrected chi connectivity index (χ3v) is 2.89. The largest absolute Gasteiger partial charge is 0.476 e. The minimum Gasteiger partial charge on any atom is -0.476 e. The first-order valence-electron chi connectivity index (χ1n) is 6.17. The number of nitrogens with two attached hydrogens (primary N) is 1. The Morgan fingerprint density at radius 3 is 2.68 bits per heavy atom. The van der Waals surface area contributed by atoms with Crippen molar-refractivity contribution in [3.05, 3.63) is 29.3 Å². The number of carbonyl (C=O) groups is 1. The summed E-state index contributed by atoms with van der Waals surface area (Å²) in [6.07, 6.45) is 2.39. The molecule has 0 aliphatic carbocycles. The average molecular weight is 263 g/mol. The van der Waals surface area contributed by atoms with Crippen LogP contribution in [0, 0.1) is 0 Å². The van der Waals surface area contributed by atoms with Gasteiger partial charge in [0.1, 0.15) is 0 Å². The lowest BCUT2D eigenvalue weighted by Gasteiger charge is -2.04. The van der Waals surface area contributed by atoms with Crippen molar-refractivity contribution in [3.63, 3.8) is 0 Å². The lowest BCUT2D eigenvalue weighted by molar-refractivity contribution is 0.0690. The van der Waals surface area contributed by atoms with E-state index in [0.717, 1.165) is 24.4 Å². The van der Waals surface area contributed by atoms with Crippen molar-refractivity contribution in [2.45, 2.75) is 33.4 Å². The van der Waals surface area contributed by atoms with E-state index >= 15 is 0 Å². The van der Waals surface area contributed by atoms with Crippen LogP contribution in [0.25, 0.3) is 0 Å². The minimum atomic E-state index is -1.12. The van der Waals surface area contributed by atoms with Crippen molar-refractivity contribution in [1.29, 1.82) is 0 Å². The highest BCUT2D eigenvalue weighted by atomic mass is 16.4. The summed E-state index contributed by atoms with van der Waals surface area (Å²) in [5.74, 6) is -1.12. The van der Waals surface area contributed by atoms with Crippen LogP contribution in [0.1, 0.15) is 35.7 Å². The highest BCUT2D eigenvalue weighted by molar-refractivity contribution is 5.91. The van der Waals surface area contributed by atoms with Crippen LogP contribution in [0.5, 0.6) is 0 Å². The highest BCUT2D eigenvalue weighted by Gasteiger charge is 2.14. The van der Waals surface area contributed by atoms with E-state index in [0.29, 0.717) is 6.54 Å². The molecule has 2 aromatic rings. The number of hydrogen-bond acceptors (Lipinski definition) is 4. The zero-order chi connectivity index (χ0) is 14.0. The zero-order valence-corrected chi connectivity index (χ0v) is 11.0. The van der Waals surface area contributed by atoms with Gasteiger partial charge in [0.2, 0.25) is 0 Å². The second-order valence-electron chi connectivity index (χ2n) is 4.23. The van der Waals surface area contributed by atoms with Crippen LogP contribution in [-0.4, -0.2) is 30.6 Å². The molecule has 0 spiro atoms. The van der Waals surface area contributed by atoms with Crippen LogP contribution in [-0.2, 0) is 19.5 Å². The third-order valence-electron chi connectivity index (χ3n) is 2.89. The number of aryl methyl sites for hydroxylation is 2.